The van der Waals surface area contributed by atoms with Gasteiger partial charge >= 0.3 is 5.97 Å². The van der Waals surface area contributed by atoms with Crippen LogP contribution in [0.4, 0.5) is 0 Å². The van der Waals surface area contributed by atoms with Gasteiger partial charge in [-0.1, -0.05) is 113 Å². The number of hydrogen-bond donors (Lipinski definition) is 7. The highest BCUT2D eigenvalue weighted by Crippen LogP contribution is 2.19. The molecule has 0 fully saturated rings. The van der Waals surface area contributed by atoms with E-state index in [-0.39, 0.29) is 54.3 Å². The number of aliphatic carboxylic acids is 1. The number of carboxylic acids is 1. The monoisotopic (exact) mass is 730 g/mol. The maximum absolute atomic E-state index is 13.9. The number of amides is 5. The minimum absolute atomic E-state index is 0.0937. The van der Waals surface area contributed by atoms with Gasteiger partial charge in [-0.15, -0.1) is 0 Å². The van der Waals surface area contributed by atoms with Gasteiger partial charge in [0.05, 0.1) is 0 Å². The van der Waals surface area contributed by atoms with Crippen molar-refractivity contribution in [1.82, 2.24) is 26.6 Å². The van der Waals surface area contributed by atoms with Crippen LogP contribution in [0.5, 0.6) is 0 Å². The van der Waals surface area contributed by atoms with E-state index in [0.717, 1.165) is 5.56 Å². The van der Waals surface area contributed by atoms with Crippen molar-refractivity contribution in [2.75, 3.05) is 0 Å². The summed E-state index contributed by atoms with van der Waals surface area (Å²) in [6.07, 6.45) is 1.19. The van der Waals surface area contributed by atoms with E-state index in [2.05, 4.69) is 26.6 Å². The highest BCUT2D eigenvalue weighted by atomic mass is 16.4. The Morgan fingerprint density at radius 3 is 1.73 bits per heavy atom. The van der Waals surface area contributed by atoms with Gasteiger partial charge < -0.3 is 37.4 Å². The van der Waals surface area contributed by atoms with Crippen LogP contribution in [0.25, 0.3) is 0 Å². The summed E-state index contributed by atoms with van der Waals surface area (Å²) >= 11 is 0. The molecular weight excluding hydrogens is 664 g/mol. The molecule has 0 aliphatic heterocycles. The summed E-state index contributed by atoms with van der Waals surface area (Å²) in [7, 11) is 0. The largest absolute Gasteiger partial charge is 0.480 e. The second kappa shape index (κ2) is 21.5. The Labute approximate surface area is 310 Å². The van der Waals surface area contributed by atoms with Gasteiger partial charge in [-0.25, -0.2) is 4.79 Å². The van der Waals surface area contributed by atoms with Crippen LogP contribution in [-0.2, 0) is 35.2 Å². The van der Waals surface area contributed by atoms with Crippen molar-refractivity contribution in [3.63, 3.8) is 0 Å². The summed E-state index contributed by atoms with van der Waals surface area (Å²) in [5.41, 5.74) is 7.22. The van der Waals surface area contributed by atoms with E-state index in [9.17, 15) is 33.9 Å². The Bertz CT molecular complexity index is 1330. The highest BCUT2D eigenvalue weighted by molar-refractivity contribution is 5.93. The molecule has 0 spiro atoms. The van der Waals surface area contributed by atoms with Gasteiger partial charge in [-0.3, -0.25) is 24.0 Å². The Kier molecular flexibility index (Phi) is 19.0. The van der Waals surface area contributed by atoms with E-state index in [4.69, 9.17) is 5.73 Å². The molecule has 0 aliphatic carbocycles. The molecule has 0 aromatic heterocycles. The van der Waals surface area contributed by atoms with E-state index in [1.54, 1.807) is 34.6 Å². The number of nitrogens with one attached hydrogen (secondary N) is 5. The number of carbonyl (C=O) groups is 6. The number of hydrogen-bond acceptors (Lipinski definition) is 7. The molecule has 2 unspecified atom stereocenters. The van der Waals surface area contributed by atoms with E-state index in [0.29, 0.717) is 12.8 Å². The quantitative estimate of drug-likeness (QED) is 0.0996. The first-order valence-corrected chi connectivity index (χ1v) is 18.6. The minimum Gasteiger partial charge on any atom is -0.480 e. The van der Waals surface area contributed by atoms with E-state index in [1.165, 1.54) is 0 Å². The molecule has 8 N–H and O–H groups in total. The predicted octanol–water partition coefficient (Wildman–Crippen LogP) is 3.30. The molecule has 52 heavy (non-hydrogen) atoms. The lowest BCUT2D eigenvalue weighted by molar-refractivity contribution is -0.143. The van der Waals surface area contributed by atoms with E-state index in [1.807, 2.05) is 71.9 Å². The fourth-order valence-corrected chi connectivity index (χ4v) is 5.72. The molecule has 0 saturated heterocycles. The average Bonchev–Trinajstić information content (AvgIpc) is 3.02. The first-order chi connectivity index (χ1) is 24.1. The number of carbonyl (C=O) groups excluding carboxylic acids is 5. The van der Waals surface area contributed by atoms with Gasteiger partial charge in [-0.05, 0) is 47.5 Å². The molecule has 13 nitrogen and oxygen atoms in total. The molecule has 0 aliphatic rings. The van der Waals surface area contributed by atoms with Gasteiger partial charge in [0.1, 0.15) is 24.2 Å². The van der Waals surface area contributed by atoms with Crippen molar-refractivity contribution in [2.45, 2.75) is 145 Å². The lowest BCUT2D eigenvalue weighted by atomic mass is 9.91. The van der Waals surface area contributed by atoms with E-state index < -0.39 is 65.8 Å². The zero-order valence-corrected chi connectivity index (χ0v) is 33.2. The van der Waals surface area contributed by atoms with Crippen LogP contribution in [0.3, 0.4) is 0 Å². The summed E-state index contributed by atoms with van der Waals surface area (Å²) in [5, 5.41) is 23.6. The Balaban J connectivity index is 3.25. The van der Waals surface area contributed by atoms with Crippen LogP contribution < -0.4 is 32.3 Å². The first-order valence-electron chi connectivity index (χ1n) is 18.6. The summed E-state index contributed by atoms with van der Waals surface area (Å²) in [6.45, 7) is 20.3. The lowest BCUT2D eigenvalue weighted by Gasteiger charge is -2.31. The molecule has 0 heterocycles. The molecule has 0 bridgehead atoms. The fourth-order valence-electron chi connectivity index (χ4n) is 5.72. The van der Waals surface area contributed by atoms with Gasteiger partial charge in [0.15, 0.2) is 0 Å². The van der Waals surface area contributed by atoms with Crippen LogP contribution in [-0.4, -0.2) is 76.9 Å². The Morgan fingerprint density at radius 2 is 1.25 bits per heavy atom. The number of carboxylic acid groups (broad SMARTS) is 1. The normalized spacial score (nSPS) is 15.8. The second-order valence-electron chi connectivity index (χ2n) is 16.4. The molecule has 0 saturated carbocycles. The van der Waals surface area contributed by atoms with E-state index >= 15 is 0 Å². The summed E-state index contributed by atoms with van der Waals surface area (Å²) in [5.74, 6) is -4.44. The first kappa shape index (κ1) is 46.0. The summed E-state index contributed by atoms with van der Waals surface area (Å²) in [4.78, 5) is 78.7. The minimum atomic E-state index is -1.17. The van der Waals surface area contributed by atoms with Crippen molar-refractivity contribution >= 4 is 35.5 Å². The van der Waals surface area contributed by atoms with Gasteiger partial charge in [0, 0.05) is 24.9 Å². The predicted molar refractivity (Wildman–Crippen MR) is 203 cm³/mol. The topological polar surface area (TPSA) is 209 Å². The van der Waals surface area contributed by atoms with Crippen molar-refractivity contribution < 1.29 is 33.9 Å². The van der Waals surface area contributed by atoms with Gasteiger partial charge in [0.2, 0.25) is 29.5 Å². The molecule has 1 rings (SSSR count). The van der Waals surface area contributed by atoms with Crippen LogP contribution in [0, 0.1) is 29.1 Å². The molecule has 1 aromatic rings. The van der Waals surface area contributed by atoms with Crippen molar-refractivity contribution in [1.29, 1.82) is 0 Å². The maximum Gasteiger partial charge on any atom is 0.326 e. The zero-order valence-electron chi connectivity index (χ0n) is 33.2. The molecular formula is C39H66N6O7. The maximum atomic E-state index is 13.9. The number of benzene rings is 1. The lowest BCUT2D eigenvalue weighted by Crippen LogP contribution is -2.60. The Hall–Kier alpha value is -4.00. The number of rotatable bonds is 21. The third-order valence-electron chi connectivity index (χ3n) is 8.90. The highest BCUT2D eigenvalue weighted by Gasteiger charge is 2.34. The standard InChI is InChI=1S/C39H66N6O7/c1-12-25(8)34(37(50)45-33(24(6)7)38(51)52)43-30(46)20-27(40)28(19-26-16-14-13-15-17-26)42-36(49)32(23(4)5)44-35(48)29(18-22(2)3)41-31(47)21-39(9,10)11/h13-17,22-25,27-29,32-34H,12,18-21,40H2,1-11H3,(H,41,47)(H,42,49)(H,43,46)(H,44,48)(H,45,50)(H,51,52)/t25-,27?,28?,29-,32-,33-,34-/m0/s1. The third kappa shape index (κ3) is 16.6. The summed E-state index contributed by atoms with van der Waals surface area (Å²) in [6, 6.07) is 3.73. The molecule has 294 valence electrons. The number of nitrogens with two attached hydrogens (primary N) is 1. The van der Waals surface area contributed by atoms with Crippen LogP contribution in [0.15, 0.2) is 30.3 Å². The average molecular weight is 731 g/mol. The third-order valence-corrected chi connectivity index (χ3v) is 8.90. The van der Waals surface area contributed by atoms with Crippen LogP contribution in [0.2, 0.25) is 0 Å². The smallest absolute Gasteiger partial charge is 0.326 e. The molecule has 1 aromatic carbocycles. The van der Waals surface area contributed by atoms with Crippen molar-refractivity contribution in [3.8, 4) is 0 Å². The van der Waals surface area contributed by atoms with Crippen LogP contribution >= 0.6 is 0 Å². The molecule has 13 heteroatoms. The molecule has 7 atom stereocenters. The fraction of sp³-hybridized carbons (Fsp3) is 0.692. The second-order valence-corrected chi connectivity index (χ2v) is 16.4. The SMILES string of the molecule is CC[C@H](C)[C@H](NC(=O)CC(N)C(Cc1ccccc1)NC(=O)[C@@H](NC(=O)[C@H](CC(C)C)NC(=O)CC(C)(C)C)C(C)C)C(=O)N[C@H](C(=O)O)C(C)C. The summed E-state index contributed by atoms with van der Waals surface area (Å²) < 4.78 is 0. The van der Waals surface area contributed by atoms with Gasteiger partial charge in [-0.2, -0.15) is 0 Å². The van der Waals surface area contributed by atoms with Crippen molar-refractivity contribution in [3.05, 3.63) is 35.9 Å². The van der Waals surface area contributed by atoms with Crippen molar-refractivity contribution in [2.24, 2.45) is 34.8 Å². The Morgan fingerprint density at radius 1 is 0.712 bits per heavy atom. The molecule has 5 amide bonds. The zero-order chi connectivity index (χ0) is 39.9. The van der Waals surface area contributed by atoms with Gasteiger partial charge in [0.25, 0.3) is 0 Å². The molecule has 0 radical (unpaired) electrons. The van der Waals surface area contributed by atoms with Crippen LogP contribution in [0.1, 0.15) is 107 Å².